The Morgan fingerprint density at radius 3 is 2.65 bits per heavy atom. The Hall–Kier alpha value is -1.01. The molecule has 0 aliphatic carbocycles. The average molecular weight is 285 g/mol. The Balaban J connectivity index is 2.31. The molecule has 20 heavy (non-hydrogen) atoms. The van der Waals surface area contributed by atoms with Gasteiger partial charge in [-0.1, -0.05) is 18.2 Å². The number of ether oxygens (including phenoxy) is 2. The summed E-state index contributed by atoms with van der Waals surface area (Å²) in [5.74, 6) is -0.223. The van der Waals surface area contributed by atoms with Crippen molar-refractivity contribution in [3.63, 3.8) is 0 Å². The smallest absolute Gasteiger partial charge is 0.127 e. The van der Waals surface area contributed by atoms with E-state index in [0.29, 0.717) is 25.3 Å². The summed E-state index contributed by atoms with van der Waals surface area (Å²) in [4.78, 5) is 1.87. The Morgan fingerprint density at radius 2 is 2.00 bits per heavy atom. The fraction of sp³-hybridized carbons (Fsp3) is 0.600. The number of hydrogen-bond acceptors (Lipinski definition) is 4. The zero-order valence-electron chi connectivity index (χ0n) is 12.4. The number of hydrogen-bond donors (Lipinski definition) is 1. The van der Waals surface area contributed by atoms with Crippen molar-refractivity contribution in [2.24, 2.45) is 0 Å². The highest BCUT2D eigenvalue weighted by Gasteiger charge is 2.12. The second-order valence-electron chi connectivity index (χ2n) is 5.04. The van der Waals surface area contributed by atoms with Gasteiger partial charge in [-0.05, 0) is 20.0 Å². The fourth-order valence-electron chi connectivity index (χ4n) is 1.95. The Labute approximate surface area is 120 Å². The van der Waals surface area contributed by atoms with Crippen LogP contribution in [0.15, 0.2) is 24.3 Å². The first-order valence-electron chi connectivity index (χ1n) is 6.73. The summed E-state index contributed by atoms with van der Waals surface area (Å²) in [6.45, 7) is 3.51. The van der Waals surface area contributed by atoms with E-state index >= 15 is 0 Å². The van der Waals surface area contributed by atoms with Crippen molar-refractivity contribution >= 4 is 0 Å². The lowest BCUT2D eigenvalue weighted by Gasteiger charge is -2.22. The molecule has 5 heteroatoms. The molecule has 0 bridgehead atoms. The molecule has 1 rings (SSSR count). The maximum Gasteiger partial charge on any atom is 0.127 e. The van der Waals surface area contributed by atoms with Gasteiger partial charge in [-0.25, -0.2) is 4.39 Å². The van der Waals surface area contributed by atoms with Gasteiger partial charge in [0, 0.05) is 25.8 Å². The SMILES string of the molecule is COCC(C)OCC(O)CN(C)Cc1ccccc1F. The monoisotopic (exact) mass is 285 g/mol. The van der Waals surface area contributed by atoms with E-state index in [1.165, 1.54) is 6.07 Å². The van der Waals surface area contributed by atoms with Crippen LogP contribution in [0.1, 0.15) is 12.5 Å². The number of likely N-dealkylation sites (N-methyl/N-ethyl adjacent to an activating group) is 1. The summed E-state index contributed by atoms with van der Waals surface area (Å²) in [6.07, 6.45) is -0.655. The number of halogens is 1. The predicted molar refractivity (Wildman–Crippen MR) is 76.0 cm³/mol. The van der Waals surface area contributed by atoms with Crippen LogP contribution >= 0.6 is 0 Å². The number of methoxy groups -OCH3 is 1. The molecular formula is C15H24FNO3. The zero-order valence-corrected chi connectivity index (χ0v) is 12.4. The molecule has 0 heterocycles. The second kappa shape index (κ2) is 9.02. The molecule has 0 aliphatic rings. The van der Waals surface area contributed by atoms with E-state index in [9.17, 15) is 9.50 Å². The standard InChI is InChI=1S/C15H24FNO3/c1-12(10-19-3)20-11-14(18)9-17(2)8-13-6-4-5-7-15(13)16/h4-7,12,14,18H,8-11H2,1-3H3. The van der Waals surface area contributed by atoms with Crippen molar-refractivity contribution in [1.82, 2.24) is 4.90 Å². The Bertz CT molecular complexity index is 389. The third-order valence-corrected chi connectivity index (χ3v) is 2.90. The Morgan fingerprint density at radius 1 is 1.30 bits per heavy atom. The van der Waals surface area contributed by atoms with Gasteiger partial charge in [0.25, 0.3) is 0 Å². The summed E-state index contributed by atoms with van der Waals surface area (Å²) in [5.41, 5.74) is 0.621. The van der Waals surface area contributed by atoms with Crippen molar-refractivity contribution in [2.75, 3.05) is 33.9 Å². The van der Waals surface area contributed by atoms with Gasteiger partial charge in [0.1, 0.15) is 5.82 Å². The molecule has 0 aromatic heterocycles. The molecule has 1 N–H and O–H groups in total. The van der Waals surface area contributed by atoms with Crippen molar-refractivity contribution in [2.45, 2.75) is 25.7 Å². The van der Waals surface area contributed by atoms with Crippen LogP contribution in [0.25, 0.3) is 0 Å². The minimum atomic E-state index is -0.605. The van der Waals surface area contributed by atoms with Crippen LogP contribution in [0.3, 0.4) is 0 Å². The summed E-state index contributed by atoms with van der Waals surface area (Å²) in [5, 5.41) is 9.88. The highest BCUT2D eigenvalue weighted by molar-refractivity contribution is 5.16. The van der Waals surface area contributed by atoms with Gasteiger partial charge in [0.2, 0.25) is 0 Å². The summed E-state index contributed by atoms with van der Waals surface area (Å²) in [6, 6.07) is 6.65. The van der Waals surface area contributed by atoms with Gasteiger partial charge in [-0.2, -0.15) is 0 Å². The molecule has 0 aliphatic heterocycles. The maximum atomic E-state index is 13.5. The van der Waals surface area contributed by atoms with Crippen molar-refractivity contribution in [3.05, 3.63) is 35.6 Å². The lowest BCUT2D eigenvalue weighted by Crippen LogP contribution is -2.33. The van der Waals surface area contributed by atoms with Crippen LogP contribution in [0, 0.1) is 5.82 Å². The van der Waals surface area contributed by atoms with E-state index in [0.717, 1.165) is 0 Å². The van der Waals surface area contributed by atoms with Crippen LogP contribution in [0.4, 0.5) is 4.39 Å². The molecular weight excluding hydrogens is 261 g/mol. The molecule has 0 fully saturated rings. The normalized spacial score (nSPS) is 14.5. The van der Waals surface area contributed by atoms with Crippen LogP contribution in [-0.4, -0.2) is 56.1 Å². The van der Waals surface area contributed by atoms with Crippen LogP contribution < -0.4 is 0 Å². The topological polar surface area (TPSA) is 41.9 Å². The van der Waals surface area contributed by atoms with Crippen LogP contribution in [0.5, 0.6) is 0 Å². The third-order valence-electron chi connectivity index (χ3n) is 2.90. The first kappa shape index (κ1) is 17.0. The third kappa shape index (κ3) is 6.43. The highest BCUT2D eigenvalue weighted by atomic mass is 19.1. The molecule has 4 nitrogen and oxygen atoms in total. The highest BCUT2D eigenvalue weighted by Crippen LogP contribution is 2.09. The number of benzene rings is 1. The Kier molecular flexibility index (Phi) is 7.69. The van der Waals surface area contributed by atoms with Gasteiger partial charge in [0.05, 0.1) is 25.4 Å². The van der Waals surface area contributed by atoms with Crippen molar-refractivity contribution < 1.29 is 19.0 Å². The maximum absolute atomic E-state index is 13.5. The lowest BCUT2D eigenvalue weighted by molar-refractivity contribution is -0.0385. The van der Waals surface area contributed by atoms with E-state index in [4.69, 9.17) is 9.47 Å². The molecule has 0 spiro atoms. The van der Waals surface area contributed by atoms with E-state index in [-0.39, 0.29) is 18.5 Å². The first-order valence-corrected chi connectivity index (χ1v) is 6.73. The molecule has 0 saturated heterocycles. The molecule has 1 aromatic rings. The number of aliphatic hydroxyl groups excluding tert-OH is 1. The zero-order chi connectivity index (χ0) is 15.0. The summed E-state index contributed by atoms with van der Waals surface area (Å²) in [7, 11) is 3.45. The number of nitrogens with zero attached hydrogens (tertiary/aromatic N) is 1. The minimum Gasteiger partial charge on any atom is -0.389 e. The molecule has 2 unspecified atom stereocenters. The largest absolute Gasteiger partial charge is 0.389 e. The summed E-state index contributed by atoms with van der Waals surface area (Å²) < 4.78 is 23.9. The van der Waals surface area contributed by atoms with Gasteiger partial charge >= 0.3 is 0 Å². The van der Waals surface area contributed by atoms with E-state index in [1.54, 1.807) is 25.3 Å². The predicted octanol–water partition coefficient (Wildman–Crippen LogP) is 1.67. The number of aliphatic hydroxyl groups is 1. The van der Waals surface area contributed by atoms with Crippen molar-refractivity contribution in [1.29, 1.82) is 0 Å². The second-order valence-corrected chi connectivity index (χ2v) is 5.04. The van der Waals surface area contributed by atoms with E-state index in [2.05, 4.69) is 0 Å². The van der Waals surface area contributed by atoms with Gasteiger partial charge in [0.15, 0.2) is 0 Å². The minimum absolute atomic E-state index is 0.0495. The number of rotatable bonds is 9. The molecule has 0 radical (unpaired) electrons. The van der Waals surface area contributed by atoms with E-state index in [1.807, 2.05) is 18.9 Å². The quantitative estimate of drug-likeness (QED) is 0.749. The van der Waals surface area contributed by atoms with Gasteiger partial charge in [-0.15, -0.1) is 0 Å². The average Bonchev–Trinajstić information content (AvgIpc) is 2.39. The molecule has 2 atom stereocenters. The molecule has 1 aromatic carbocycles. The first-order chi connectivity index (χ1) is 9.52. The van der Waals surface area contributed by atoms with Gasteiger partial charge in [-0.3, -0.25) is 4.90 Å². The molecule has 114 valence electrons. The molecule has 0 saturated carbocycles. The van der Waals surface area contributed by atoms with Gasteiger partial charge < -0.3 is 14.6 Å². The lowest BCUT2D eigenvalue weighted by atomic mass is 10.2. The summed E-state index contributed by atoms with van der Waals surface area (Å²) >= 11 is 0. The van der Waals surface area contributed by atoms with Crippen LogP contribution in [0.2, 0.25) is 0 Å². The fourth-order valence-corrected chi connectivity index (χ4v) is 1.95. The van der Waals surface area contributed by atoms with Crippen molar-refractivity contribution in [3.8, 4) is 0 Å². The molecule has 0 amide bonds. The van der Waals surface area contributed by atoms with E-state index < -0.39 is 6.10 Å². The van der Waals surface area contributed by atoms with Crippen LogP contribution in [-0.2, 0) is 16.0 Å².